The van der Waals surface area contributed by atoms with Crippen LogP contribution in [-0.2, 0) is 24.9 Å². The largest absolute Gasteiger partial charge is 0 e. The van der Waals surface area contributed by atoms with E-state index in [9.17, 15) is 9.90 Å². The number of rotatable bonds is 9. The Morgan fingerprint density at radius 1 is 0.872 bits per heavy atom. The van der Waals surface area contributed by atoms with Crippen LogP contribution in [0, 0.1) is 24.8 Å². The van der Waals surface area contributed by atoms with Crippen molar-refractivity contribution in [1.82, 2.24) is 4.98 Å². The number of aryl methyl sites for hydroxylation is 1. The quantitative estimate of drug-likeness (QED) is 0.0681. The maximum Gasteiger partial charge on any atom is 0 e. The van der Waals surface area contributed by atoms with Crippen LogP contribution >= 0.6 is 0 Å². The number of allylic oxidation sites excluding steroid dienone is 2. The fourth-order valence-corrected chi connectivity index (χ4v) is 11.5. The molecule has 2 heterocycles. The Bertz CT molecular complexity index is 1890. The third kappa shape index (κ3) is 7.43. The summed E-state index contributed by atoms with van der Waals surface area (Å²) < 4.78 is 9.53. The zero-order valence-corrected chi connectivity index (χ0v) is 33.1. The number of nitrogens with zero attached hydrogens (tertiary/aromatic N) is 1. The summed E-state index contributed by atoms with van der Waals surface area (Å²) in [6, 6.07) is 29.6. The third-order valence-corrected chi connectivity index (χ3v) is 17.1. The minimum absolute atomic E-state index is 0. The molecule has 0 atom stereocenters. The second-order valence-electron chi connectivity index (χ2n) is 12.8. The summed E-state index contributed by atoms with van der Waals surface area (Å²) in [6.07, 6.45) is 6.82. The Hall–Kier alpha value is -3.25. The van der Waals surface area contributed by atoms with E-state index in [1.54, 1.807) is 0 Å². The molecule has 247 valence electrons. The Morgan fingerprint density at radius 3 is 2.13 bits per heavy atom. The van der Waals surface area contributed by atoms with Gasteiger partial charge < -0.3 is 5.11 Å². The number of benzene rings is 4. The van der Waals surface area contributed by atoms with Gasteiger partial charge in [-0.15, -0.1) is 0 Å². The van der Waals surface area contributed by atoms with Gasteiger partial charge in [0.15, 0.2) is 5.78 Å². The number of pyridine rings is 1. The van der Waals surface area contributed by atoms with E-state index in [0.717, 1.165) is 64.8 Å². The zero-order valence-electron chi connectivity index (χ0n) is 28.6. The predicted molar refractivity (Wildman–Crippen MR) is 195 cm³/mol. The van der Waals surface area contributed by atoms with Crippen LogP contribution in [0.1, 0.15) is 58.9 Å². The third-order valence-electron chi connectivity index (χ3n) is 9.69. The Balaban J connectivity index is 0.000000269. The first-order valence-electron chi connectivity index (χ1n) is 16.7. The first kappa shape index (κ1) is 36.6. The van der Waals surface area contributed by atoms with Crippen LogP contribution in [0.3, 0.4) is 0 Å². The van der Waals surface area contributed by atoms with E-state index in [1.807, 2.05) is 33.9 Å². The van der Waals surface area contributed by atoms with E-state index < -0.39 is 13.3 Å². The summed E-state index contributed by atoms with van der Waals surface area (Å²) in [5.74, 6) is 7.24. The van der Waals surface area contributed by atoms with E-state index in [-0.39, 0.29) is 43.5 Å². The van der Waals surface area contributed by atoms with Crippen LogP contribution in [0.4, 0.5) is 0 Å². The molecule has 0 bridgehead atoms. The van der Waals surface area contributed by atoms with E-state index in [0.29, 0.717) is 0 Å². The minimum Gasteiger partial charge on any atom is 0 e. The van der Waals surface area contributed by atoms with Crippen LogP contribution in [0.5, 0.6) is 11.5 Å². The van der Waals surface area contributed by atoms with Crippen molar-refractivity contribution in [2.45, 2.75) is 71.8 Å². The number of aliphatic hydroxyl groups is 1. The number of ether oxygens (including phenoxy) is 1. The van der Waals surface area contributed by atoms with Crippen LogP contribution < -0.4 is 13.5 Å². The van der Waals surface area contributed by atoms with Crippen molar-refractivity contribution in [2.75, 3.05) is 0 Å². The van der Waals surface area contributed by atoms with Crippen LogP contribution in [-0.4, -0.2) is 29.1 Å². The van der Waals surface area contributed by atoms with Gasteiger partial charge in [0.2, 0.25) is 0 Å². The summed E-state index contributed by atoms with van der Waals surface area (Å²) in [4.78, 5) is 16.5. The van der Waals surface area contributed by atoms with Crippen molar-refractivity contribution in [3.05, 3.63) is 102 Å². The molecular formula is C41H46GeIrNO3-. The molecule has 5 aromatic rings. The molecule has 0 spiro atoms. The predicted octanol–water partition coefficient (Wildman–Crippen LogP) is 9.96. The molecule has 4 nitrogen and oxygen atoms in total. The van der Waals surface area contributed by atoms with Gasteiger partial charge in [0.1, 0.15) is 0 Å². The molecule has 1 N–H and O–H groups in total. The van der Waals surface area contributed by atoms with E-state index >= 15 is 0 Å². The number of aromatic nitrogens is 1. The maximum absolute atomic E-state index is 11.7. The number of carbonyl (C=O) groups excluding carboxylic acids is 1. The molecule has 0 aliphatic carbocycles. The Morgan fingerprint density at radius 2 is 1.49 bits per heavy atom. The van der Waals surface area contributed by atoms with E-state index in [1.165, 1.54) is 25.6 Å². The number of hydrogen-bond acceptors (Lipinski definition) is 4. The Labute approximate surface area is 296 Å². The average molecular weight is 866 g/mol. The van der Waals surface area contributed by atoms with Crippen molar-refractivity contribution in [2.24, 2.45) is 11.8 Å². The van der Waals surface area contributed by atoms with Crippen LogP contribution in [0.25, 0.3) is 32.8 Å². The zero-order chi connectivity index (χ0) is 33.0. The molecule has 0 fully saturated rings. The Kier molecular flexibility index (Phi) is 12.3. The van der Waals surface area contributed by atoms with Crippen molar-refractivity contribution in [3.63, 3.8) is 0 Å². The molecule has 0 unspecified atom stereocenters. The number of carbonyl (C=O) groups is 1. The SMILES string of the molecule is CCC(CC)C(=O)/C=C(\O)C(CC)CC.Cc1[c-]c2c(c3ccccc13)Oc1c[c]([Ge]([CH3])([CH3])[c]3ccccc3)cc3ccnc-2c13.[Ir]. The molecule has 6 heteroatoms. The topological polar surface area (TPSA) is 59.4 Å². The van der Waals surface area contributed by atoms with Crippen molar-refractivity contribution in [1.29, 1.82) is 0 Å². The second-order valence-corrected chi connectivity index (χ2v) is 22.1. The van der Waals surface area contributed by atoms with Gasteiger partial charge >= 0.3 is 185 Å². The van der Waals surface area contributed by atoms with Crippen LogP contribution in [0.2, 0.25) is 11.5 Å². The van der Waals surface area contributed by atoms with Gasteiger partial charge in [-0.1, -0.05) is 27.7 Å². The van der Waals surface area contributed by atoms with E-state index in [4.69, 9.17) is 9.72 Å². The maximum atomic E-state index is 11.7. The molecule has 6 rings (SSSR count). The molecule has 0 saturated carbocycles. The van der Waals surface area contributed by atoms with Gasteiger partial charge in [0.05, 0.1) is 5.76 Å². The van der Waals surface area contributed by atoms with Gasteiger partial charge in [0.25, 0.3) is 0 Å². The van der Waals surface area contributed by atoms with Gasteiger partial charge in [-0.2, -0.15) is 0 Å². The molecule has 0 amide bonds. The number of fused-ring (bicyclic) bond motifs is 4. The summed E-state index contributed by atoms with van der Waals surface area (Å²) in [5, 5.41) is 14.3. The number of hydrogen-bond donors (Lipinski definition) is 1. The van der Waals surface area contributed by atoms with Crippen molar-refractivity contribution < 1.29 is 34.7 Å². The summed E-state index contributed by atoms with van der Waals surface area (Å²) in [7, 11) is 0. The second kappa shape index (κ2) is 15.8. The summed E-state index contributed by atoms with van der Waals surface area (Å²) in [6.45, 7) is 10.2. The summed E-state index contributed by atoms with van der Waals surface area (Å²) >= 11 is -2.48. The normalized spacial score (nSPS) is 12.3. The first-order chi connectivity index (χ1) is 22.1. The van der Waals surface area contributed by atoms with Gasteiger partial charge in [-0.25, -0.2) is 0 Å². The van der Waals surface area contributed by atoms with Gasteiger partial charge in [0, 0.05) is 38.0 Å². The molecule has 0 saturated heterocycles. The van der Waals surface area contributed by atoms with Crippen LogP contribution in [0.15, 0.2) is 90.8 Å². The molecule has 1 aliphatic heterocycles. The monoisotopic (exact) mass is 867 g/mol. The molecule has 1 aromatic heterocycles. The number of aliphatic hydroxyl groups excluding tert-OH is 1. The molecule has 4 aromatic carbocycles. The van der Waals surface area contributed by atoms with E-state index in [2.05, 4.69) is 97.3 Å². The van der Waals surface area contributed by atoms with Gasteiger partial charge in [-0.05, 0) is 25.7 Å². The standard InChI is InChI=1S/C28H22GeNO.C13H24O2.Ir/c1-18-15-24-27-26-19(13-14-30-27)16-21(29(2,3)20-9-5-4-6-10-20)17-25(26)31-28(24)23-12-8-7-11-22(18)23;1-5-10(6-2)12(14)9-13(15)11(7-3)8-4;/h4-14,16-17H,1-3H3;9-11,14H,5-8H2,1-4H3;/q-1;;/b;12-9-;. The fourth-order valence-electron chi connectivity index (χ4n) is 6.55. The molecule has 1 radical (unpaired) electrons. The summed E-state index contributed by atoms with van der Waals surface area (Å²) in [5.41, 5.74) is 3.06. The molecule has 47 heavy (non-hydrogen) atoms. The van der Waals surface area contributed by atoms with Crippen molar-refractivity contribution in [3.8, 4) is 22.8 Å². The fraction of sp³-hybridized carbons (Fsp3) is 0.317. The minimum atomic E-state index is -2.48. The average Bonchev–Trinajstić information content (AvgIpc) is 3.07. The first-order valence-corrected chi connectivity index (χ1v) is 23.0. The smallest absolute Gasteiger partial charge is 0 e. The van der Waals surface area contributed by atoms with Gasteiger partial charge in [-0.3, -0.25) is 4.79 Å². The number of ketones is 1. The molecule has 1 aliphatic rings. The van der Waals surface area contributed by atoms with Crippen molar-refractivity contribution >= 4 is 49.4 Å². The molecular weight excluding hydrogens is 819 g/mol.